The first-order chi connectivity index (χ1) is 7.78. The SMILES string of the molecule is COc1ccc(/C=C/C2COC(O)C2)cc1. The lowest BCUT2D eigenvalue weighted by Gasteiger charge is -2.01. The standard InChI is InChI=1S/C13H16O3/c1-15-12-6-4-10(5-7-12)2-3-11-8-13(14)16-9-11/h2-7,11,13-14H,8-9H2,1H3/b3-2+. The molecule has 16 heavy (non-hydrogen) atoms. The van der Waals surface area contributed by atoms with Crippen LogP contribution in [-0.4, -0.2) is 25.1 Å². The molecule has 0 radical (unpaired) electrons. The summed E-state index contributed by atoms with van der Waals surface area (Å²) in [7, 11) is 1.65. The minimum atomic E-state index is -0.592. The van der Waals surface area contributed by atoms with E-state index in [9.17, 15) is 5.11 Å². The summed E-state index contributed by atoms with van der Waals surface area (Å²) in [5.74, 6) is 1.17. The van der Waals surface area contributed by atoms with Gasteiger partial charge in [-0.1, -0.05) is 24.3 Å². The molecule has 0 aliphatic carbocycles. The first kappa shape index (κ1) is 11.2. The first-order valence-electron chi connectivity index (χ1n) is 5.40. The fourth-order valence-electron chi connectivity index (χ4n) is 1.73. The third-order valence-electron chi connectivity index (χ3n) is 2.68. The number of hydrogen-bond acceptors (Lipinski definition) is 3. The van der Waals surface area contributed by atoms with Crippen molar-refractivity contribution in [1.82, 2.24) is 0 Å². The lowest BCUT2D eigenvalue weighted by atomic mass is 10.1. The minimum Gasteiger partial charge on any atom is -0.497 e. The molecule has 1 aliphatic rings. The van der Waals surface area contributed by atoms with Gasteiger partial charge in [-0.15, -0.1) is 0 Å². The highest BCUT2D eigenvalue weighted by Gasteiger charge is 2.20. The molecule has 1 aliphatic heterocycles. The molecule has 0 bridgehead atoms. The third-order valence-corrected chi connectivity index (χ3v) is 2.68. The summed E-state index contributed by atoms with van der Waals surface area (Å²) in [6.07, 6.45) is 4.22. The molecule has 0 aromatic heterocycles. The van der Waals surface area contributed by atoms with E-state index in [1.165, 1.54) is 0 Å². The molecule has 2 unspecified atom stereocenters. The van der Waals surface area contributed by atoms with Crippen molar-refractivity contribution in [3.8, 4) is 5.75 Å². The molecule has 3 heteroatoms. The number of aliphatic hydroxyl groups is 1. The zero-order chi connectivity index (χ0) is 11.4. The molecule has 1 fully saturated rings. The van der Waals surface area contributed by atoms with E-state index in [1.54, 1.807) is 7.11 Å². The Morgan fingerprint density at radius 2 is 2.12 bits per heavy atom. The van der Waals surface area contributed by atoms with Crippen LogP contribution in [0.4, 0.5) is 0 Å². The molecule has 2 rings (SSSR count). The lowest BCUT2D eigenvalue weighted by molar-refractivity contribution is -0.0590. The third kappa shape index (κ3) is 2.84. The van der Waals surface area contributed by atoms with Gasteiger partial charge in [0.15, 0.2) is 6.29 Å². The van der Waals surface area contributed by atoms with Gasteiger partial charge < -0.3 is 14.6 Å². The number of aliphatic hydroxyl groups excluding tert-OH is 1. The lowest BCUT2D eigenvalue weighted by Crippen LogP contribution is -2.00. The number of rotatable bonds is 3. The van der Waals surface area contributed by atoms with Gasteiger partial charge >= 0.3 is 0 Å². The molecule has 1 heterocycles. The van der Waals surface area contributed by atoms with Crippen LogP contribution < -0.4 is 4.74 Å². The van der Waals surface area contributed by atoms with E-state index in [2.05, 4.69) is 6.08 Å². The molecular weight excluding hydrogens is 204 g/mol. The Morgan fingerprint density at radius 3 is 2.69 bits per heavy atom. The smallest absolute Gasteiger partial charge is 0.155 e. The predicted molar refractivity (Wildman–Crippen MR) is 62.1 cm³/mol. The van der Waals surface area contributed by atoms with E-state index in [0.29, 0.717) is 18.9 Å². The van der Waals surface area contributed by atoms with E-state index < -0.39 is 6.29 Å². The highest BCUT2D eigenvalue weighted by Crippen LogP contribution is 2.20. The average Bonchev–Trinajstić information content (AvgIpc) is 2.73. The van der Waals surface area contributed by atoms with Gasteiger partial charge in [-0.2, -0.15) is 0 Å². The molecule has 0 amide bonds. The van der Waals surface area contributed by atoms with E-state index >= 15 is 0 Å². The van der Waals surface area contributed by atoms with Crippen molar-refractivity contribution in [2.75, 3.05) is 13.7 Å². The largest absolute Gasteiger partial charge is 0.497 e. The van der Waals surface area contributed by atoms with Crippen LogP contribution in [0.15, 0.2) is 30.3 Å². The summed E-state index contributed by atoms with van der Waals surface area (Å²) < 4.78 is 10.2. The molecule has 1 saturated heterocycles. The number of ether oxygens (including phenoxy) is 2. The van der Waals surface area contributed by atoms with Crippen LogP contribution in [0.1, 0.15) is 12.0 Å². The maximum atomic E-state index is 9.19. The van der Waals surface area contributed by atoms with Crippen molar-refractivity contribution in [2.24, 2.45) is 5.92 Å². The van der Waals surface area contributed by atoms with Gasteiger partial charge in [0.05, 0.1) is 13.7 Å². The Bertz CT molecular complexity index is 356. The average molecular weight is 220 g/mol. The van der Waals surface area contributed by atoms with Crippen LogP contribution in [-0.2, 0) is 4.74 Å². The molecule has 3 nitrogen and oxygen atoms in total. The monoisotopic (exact) mass is 220 g/mol. The van der Waals surface area contributed by atoms with Gasteiger partial charge in [-0.25, -0.2) is 0 Å². The Morgan fingerprint density at radius 1 is 1.38 bits per heavy atom. The van der Waals surface area contributed by atoms with E-state index in [-0.39, 0.29) is 0 Å². The van der Waals surface area contributed by atoms with Crippen molar-refractivity contribution in [2.45, 2.75) is 12.7 Å². The number of benzene rings is 1. The molecule has 1 N–H and O–H groups in total. The van der Waals surface area contributed by atoms with Crippen molar-refractivity contribution >= 4 is 6.08 Å². The summed E-state index contributed by atoms with van der Waals surface area (Å²) in [6, 6.07) is 7.86. The highest BCUT2D eigenvalue weighted by atomic mass is 16.6. The molecule has 1 aromatic carbocycles. The summed E-state index contributed by atoms with van der Waals surface area (Å²) in [5.41, 5.74) is 1.13. The van der Waals surface area contributed by atoms with Crippen molar-refractivity contribution in [3.05, 3.63) is 35.9 Å². The molecule has 2 atom stereocenters. The Hall–Kier alpha value is -1.32. The van der Waals surface area contributed by atoms with E-state index in [0.717, 1.165) is 11.3 Å². The molecule has 86 valence electrons. The second kappa shape index (κ2) is 5.14. The summed E-state index contributed by atoms with van der Waals surface area (Å²) >= 11 is 0. The maximum Gasteiger partial charge on any atom is 0.155 e. The quantitative estimate of drug-likeness (QED) is 0.847. The zero-order valence-corrected chi connectivity index (χ0v) is 9.30. The summed E-state index contributed by atoms with van der Waals surface area (Å²) in [4.78, 5) is 0. The number of hydrogen-bond donors (Lipinski definition) is 1. The van der Waals surface area contributed by atoms with Crippen LogP contribution in [0.5, 0.6) is 5.75 Å². The van der Waals surface area contributed by atoms with E-state index in [1.807, 2.05) is 30.3 Å². The van der Waals surface area contributed by atoms with Crippen molar-refractivity contribution in [1.29, 1.82) is 0 Å². The normalized spacial score (nSPS) is 25.1. The van der Waals surface area contributed by atoms with Crippen molar-refractivity contribution in [3.63, 3.8) is 0 Å². The fourth-order valence-corrected chi connectivity index (χ4v) is 1.73. The van der Waals surface area contributed by atoms with Crippen molar-refractivity contribution < 1.29 is 14.6 Å². The predicted octanol–water partition coefficient (Wildman–Crippen LogP) is 2.06. The van der Waals surface area contributed by atoms with Gasteiger partial charge in [0.1, 0.15) is 5.75 Å². The van der Waals surface area contributed by atoms with Gasteiger partial charge in [-0.3, -0.25) is 0 Å². The molecule has 1 aromatic rings. The zero-order valence-electron chi connectivity index (χ0n) is 9.30. The first-order valence-corrected chi connectivity index (χ1v) is 5.40. The van der Waals surface area contributed by atoms with Gasteiger partial charge in [0.2, 0.25) is 0 Å². The summed E-state index contributed by atoms with van der Waals surface area (Å²) in [5, 5.41) is 9.19. The van der Waals surface area contributed by atoms with Gasteiger partial charge in [0.25, 0.3) is 0 Å². The van der Waals surface area contributed by atoms with Gasteiger partial charge in [0, 0.05) is 12.3 Å². The number of methoxy groups -OCH3 is 1. The Kier molecular flexibility index (Phi) is 3.59. The van der Waals surface area contributed by atoms with Crippen LogP contribution >= 0.6 is 0 Å². The molecule has 0 spiro atoms. The fraction of sp³-hybridized carbons (Fsp3) is 0.385. The highest BCUT2D eigenvalue weighted by molar-refractivity contribution is 5.50. The van der Waals surface area contributed by atoms with Gasteiger partial charge in [-0.05, 0) is 17.7 Å². The topological polar surface area (TPSA) is 38.7 Å². The molecular formula is C13H16O3. The van der Waals surface area contributed by atoms with E-state index in [4.69, 9.17) is 9.47 Å². The second-order valence-electron chi connectivity index (χ2n) is 3.92. The van der Waals surface area contributed by atoms with Crippen LogP contribution in [0.3, 0.4) is 0 Å². The molecule has 0 saturated carbocycles. The van der Waals surface area contributed by atoms with Crippen LogP contribution in [0.25, 0.3) is 6.08 Å². The van der Waals surface area contributed by atoms with Crippen LogP contribution in [0.2, 0.25) is 0 Å². The van der Waals surface area contributed by atoms with Crippen LogP contribution in [0, 0.1) is 5.92 Å². The minimum absolute atomic E-state index is 0.317. The summed E-state index contributed by atoms with van der Waals surface area (Å²) in [6.45, 7) is 0.605. The second-order valence-corrected chi connectivity index (χ2v) is 3.92. The maximum absolute atomic E-state index is 9.19. The Labute approximate surface area is 95.3 Å². The Balaban J connectivity index is 1.95.